The molecule has 2 amide bonds. The van der Waals surface area contributed by atoms with E-state index < -0.39 is 5.60 Å². The van der Waals surface area contributed by atoms with Gasteiger partial charge in [0, 0.05) is 64.5 Å². The van der Waals surface area contributed by atoms with Gasteiger partial charge in [0.05, 0.1) is 6.54 Å². The molecule has 0 atom stereocenters. The zero-order valence-electron chi connectivity index (χ0n) is 19.5. The van der Waals surface area contributed by atoms with Crippen molar-refractivity contribution in [1.82, 2.24) is 14.7 Å². The lowest BCUT2D eigenvalue weighted by Gasteiger charge is -2.36. The molecule has 0 radical (unpaired) electrons. The molecule has 0 aliphatic carbocycles. The molecule has 0 saturated carbocycles. The highest BCUT2D eigenvalue weighted by Crippen LogP contribution is 2.16. The Morgan fingerprint density at radius 2 is 1.47 bits per heavy atom. The van der Waals surface area contributed by atoms with Gasteiger partial charge in [-0.15, -0.1) is 0 Å². The van der Waals surface area contributed by atoms with Crippen LogP contribution >= 0.6 is 0 Å². The molecule has 3 rings (SSSR count). The number of rotatable bonds is 4. The van der Waals surface area contributed by atoms with Gasteiger partial charge in [-0.1, -0.05) is 18.2 Å². The quantitative estimate of drug-likeness (QED) is 0.560. The summed E-state index contributed by atoms with van der Waals surface area (Å²) < 4.78 is 5.42. The second-order valence-corrected chi connectivity index (χ2v) is 9.15. The molecule has 32 heavy (non-hydrogen) atoms. The number of anilines is 1. The van der Waals surface area contributed by atoms with Crippen LogP contribution in [0.2, 0.25) is 0 Å². The van der Waals surface area contributed by atoms with E-state index in [9.17, 15) is 9.59 Å². The summed E-state index contributed by atoms with van der Waals surface area (Å²) in [5, 5.41) is 0. The monoisotopic (exact) mass is 444 g/mol. The van der Waals surface area contributed by atoms with Gasteiger partial charge < -0.3 is 30.1 Å². The molecule has 2 N–H and O–H groups in total. The summed E-state index contributed by atoms with van der Waals surface area (Å²) in [4.78, 5) is 37.0. The zero-order chi connectivity index (χ0) is 23.1. The van der Waals surface area contributed by atoms with Crippen molar-refractivity contribution in [2.45, 2.75) is 32.8 Å². The molecule has 176 valence electrons. The maximum absolute atomic E-state index is 12.6. The molecule has 2 heterocycles. The van der Waals surface area contributed by atoms with E-state index in [1.54, 1.807) is 4.90 Å². The van der Waals surface area contributed by atoms with Gasteiger partial charge in [-0.05, 0) is 32.9 Å². The predicted molar refractivity (Wildman–Crippen MR) is 126 cm³/mol. The molecule has 0 bridgehead atoms. The molecule has 2 fully saturated rings. The second kappa shape index (κ2) is 10.6. The van der Waals surface area contributed by atoms with Crippen molar-refractivity contribution >= 4 is 23.6 Å². The molecule has 2 aliphatic heterocycles. The Morgan fingerprint density at radius 1 is 0.906 bits per heavy atom. The Balaban J connectivity index is 1.37. The van der Waals surface area contributed by atoms with Gasteiger partial charge in [0.25, 0.3) is 0 Å². The molecule has 9 heteroatoms. The molecular formula is C23H36N6O3. The summed E-state index contributed by atoms with van der Waals surface area (Å²) in [6.45, 7) is 11.3. The Labute approximate surface area is 190 Å². The van der Waals surface area contributed by atoms with Crippen LogP contribution in [0.3, 0.4) is 0 Å². The maximum Gasteiger partial charge on any atom is 0.410 e. The molecule has 2 aliphatic rings. The van der Waals surface area contributed by atoms with E-state index in [0.717, 1.165) is 26.2 Å². The van der Waals surface area contributed by atoms with Crippen molar-refractivity contribution in [2.24, 2.45) is 10.7 Å². The summed E-state index contributed by atoms with van der Waals surface area (Å²) in [7, 11) is 0. The van der Waals surface area contributed by atoms with Gasteiger partial charge in [0.1, 0.15) is 5.60 Å². The number of piperazine rings is 2. The lowest BCUT2D eigenvalue weighted by atomic mass is 10.2. The molecule has 1 aromatic rings. The summed E-state index contributed by atoms with van der Waals surface area (Å²) in [6, 6.07) is 10.3. The standard InChI is InChI=1S/C23H36N6O3/c1-23(2,3)32-22(31)29-17-15-28(16-18-29)21(24)25-10-9-20(30)27-13-11-26(12-14-27)19-7-5-4-6-8-19/h4-8H,9-18H2,1-3H3,(H2,24,25). The predicted octanol–water partition coefficient (Wildman–Crippen LogP) is 1.59. The number of para-hydroxylation sites is 1. The van der Waals surface area contributed by atoms with Gasteiger partial charge in [-0.25, -0.2) is 4.79 Å². The number of aliphatic imine (C=N–C) groups is 1. The Morgan fingerprint density at radius 3 is 2.06 bits per heavy atom. The summed E-state index contributed by atoms with van der Waals surface area (Å²) >= 11 is 0. The first-order valence-corrected chi connectivity index (χ1v) is 11.3. The van der Waals surface area contributed by atoms with Crippen molar-refractivity contribution in [3.05, 3.63) is 30.3 Å². The third kappa shape index (κ3) is 6.77. The Kier molecular flexibility index (Phi) is 7.82. The number of nitrogens with zero attached hydrogens (tertiary/aromatic N) is 5. The van der Waals surface area contributed by atoms with Gasteiger partial charge in [0.2, 0.25) is 5.91 Å². The Bertz CT molecular complexity index is 792. The number of hydrogen-bond acceptors (Lipinski definition) is 5. The van der Waals surface area contributed by atoms with E-state index in [1.807, 2.05) is 48.8 Å². The van der Waals surface area contributed by atoms with Crippen LogP contribution in [0.1, 0.15) is 27.2 Å². The van der Waals surface area contributed by atoms with E-state index in [-0.39, 0.29) is 12.0 Å². The van der Waals surface area contributed by atoms with Crippen LogP contribution in [0.5, 0.6) is 0 Å². The number of amides is 2. The summed E-state index contributed by atoms with van der Waals surface area (Å²) in [5.41, 5.74) is 6.82. The Hall–Kier alpha value is -2.97. The number of guanidine groups is 1. The van der Waals surface area contributed by atoms with E-state index in [4.69, 9.17) is 10.5 Å². The molecule has 2 saturated heterocycles. The summed E-state index contributed by atoms with van der Waals surface area (Å²) in [5.74, 6) is 0.541. The first-order chi connectivity index (χ1) is 15.2. The molecule has 0 spiro atoms. The van der Waals surface area contributed by atoms with Crippen molar-refractivity contribution < 1.29 is 14.3 Å². The number of benzene rings is 1. The summed E-state index contributed by atoms with van der Waals surface area (Å²) in [6.07, 6.45) is 0.0507. The highest BCUT2D eigenvalue weighted by atomic mass is 16.6. The molecule has 0 aromatic heterocycles. The minimum Gasteiger partial charge on any atom is -0.444 e. The maximum atomic E-state index is 12.6. The lowest BCUT2D eigenvalue weighted by molar-refractivity contribution is -0.131. The largest absolute Gasteiger partial charge is 0.444 e. The van der Waals surface area contributed by atoms with E-state index in [2.05, 4.69) is 22.0 Å². The zero-order valence-corrected chi connectivity index (χ0v) is 19.5. The fraction of sp³-hybridized carbons (Fsp3) is 0.609. The van der Waals surface area contributed by atoms with Crippen molar-refractivity contribution in [2.75, 3.05) is 63.8 Å². The van der Waals surface area contributed by atoms with E-state index in [0.29, 0.717) is 45.1 Å². The normalized spacial score (nSPS) is 18.0. The van der Waals surface area contributed by atoms with Crippen LogP contribution in [0.15, 0.2) is 35.3 Å². The van der Waals surface area contributed by atoms with Crippen LogP contribution in [0, 0.1) is 0 Å². The highest BCUT2D eigenvalue weighted by Gasteiger charge is 2.26. The second-order valence-electron chi connectivity index (χ2n) is 9.15. The molecule has 1 aromatic carbocycles. The minimum absolute atomic E-state index is 0.115. The third-order valence-corrected chi connectivity index (χ3v) is 5.61. The average Bonchev–Trinajstić information content (AvgIpc) is 2.78. The minimum atomic E-state index is -0.505. The van der Waals surface area contributed by atoms with Crippen molar-refractivity contribution in [3.8, 4) is 0 Å². The lowest BCUT2D eigenvalue weighted by Crippen LogP contribution is -2.53. The highest BCUT2D eigenvalue weighted by molar-refractivity contribution is 5.80. The topological polar surface area (TPSA) is 94.7 Å². The van der Waals surface area contributed by atoms with Crippen molar-refractivity contribution in [1.29, 1.82) is 0 Å². The van der Waals surface area contributed by atoms with Crippen LogP contribution in [-0.2, 0) is 9.53 Å². The van der Waals surface area contributed by atoms with Gasteiger partial charge in [-0.2, -0.15) is 0 Å². The van der Waals surface area contributed by atoms with Crippen LogP contribution in [-0.4, -0.2) is 97.2 Å². The van der Waals surface area contributed by atoms with Gasteiger partial charge >= 0.3 is 6.09 Å². The first-order valence-electron chi connectivity index (χ1n) is 11.3. The third-order valence-electron chi connectivity index (χ3n) is 5.61. The fourth-order valence-electron chi connectivity index (χ4n) is 3.82. The number of ether oxygens (including phenoxy) is 1. The van der Waals surface area contributed by atoms with E-state index in [1.165, 1.54) is 5.69 Å². The molecule has 0 unspecified atom stereocenters. The number of carbonyl (C=O) groups is 2. The molecule has 9 nitrogen and oxygen atoms in total. The number of hydrogen-bond donors (Lipinski definition) is 1. The fourth-order valence-corrected chi connectivity index (χ4v) is 3.82. The smallest absolute Gasteiger partial charge is 0.410 e. The molecular weight excluding hydrogens is 408 g/mol. The van der Waals surface area contributed by atoms with Crippen LogP contribution in [0.4, 0.5) is 10.5 Å². The first kappa shape index (κ1) is 23.7. The SMILES string of the molecule is CC(C)(C)OC(=O)N1CCN(C(N)=NCCC(=O)N2CCN(c3ccccc3)CC2)CC1. The van der Waals surface area contributed by atoms with E-state index >= 15 is 0 Å². The van der Waals surface area contributed by atoms with Gasteiger partial charge in [0.15, 0.2) is 5.96 Å². The number of nitrogens with two attached hydrogens (primary N) is 1. The van der Waals surface area contributed by atoms with Crippen LogP contribution < -0.4 is 10.6 Å². The van der Waals surface area contributed by atoms with Gasteiger partial charge in [-0.3, -0.25) is 9.79 Å². The number of carbonyl (C=O) groups excluding carboxylic acids is 2. The van der Waals surface area contributed by atoms with Crippen LogP contribution in [0.25, 0.3) is 0 Å². The van der Waals surface area contributed by atoms with Crippen molar-refractivity contribution in [3.63, 3.8) is 0 Å². The average molecular weight is 445 g/mol.